The quantitative estimate of drug-likeness (QED) is 0.529. The topological polar surface area (TPSA) is 79.5 Å². The van der Waals surface area contributed by atoms with Crippen molar-refractivity contribution < 1.29 is 18.5 Å². The van der Waals surface area contributed by atoms with Gasteiger partial charge in [0.2, 0.25) is 17.6 Å². The Bertz CT molecular complexity index is 1190. The Labute approximate surface area is 200 Å². The lowest BCUT2D eigenvalue weighted by Crippen LogP contribution is -2.50. The van der Waals surface area contributed by atoms with Gasteiger partial charge in [-0.25, -0.2) is 4.39 Å². The molecular formula is C23H21Cl2FN4O3. The summed E-state index contributed by atoms with van der Waals surface area (Å²) in [5.41, 5.74) is 1.53. The highest BCUT2D eigenvalue weighted by molar-refractivity contribution is 6.36. The third kappa shape index (κ3) is 5.34. The number of aromatic nitrogens is 2. The molecule has 1 aliphatic rings. The molecule has 7 nitrogen and oxygen atoms in total. The fraction of sp³-hybridized carbons (Fsp3) is 0.304. The number of piperazine rings is 1. The number of rotatable bonds is 5. The van der Waals surface area contributed by atoms with Crippen LogP contribution in [0.2, 0.25) is 10.0 Å². The van der Waals surface area contributed by atoms with Crippen LogP contribution in [-0.4, -0.2) is 57.9 Å². The van der Waals surface area contributed by atoms with Crippen LogP contribution in [-0.2, 0) is 11.2 Å². The summed E-state index contributed by atoms with van der Waals surface area (Å²) in [4.78, 5) is 33.0. The molecule has 0 unspecified atom stereocenters. The summed E-state index contributed by atoms with van der Waals surface area (Å²) in [7, 11) is 0. The Morgan fingerprint density at radius 1 is 1.06 bits per heavy atom. The highest BCUT2D eigenvalue weighted by atomic mass is 35.5. The standard InChI is InChI=1S/C23H21Cl2FN4O3/c1-14-12-15(2-5-19(14)26)22-27-20(33-28-22)6-7-21(31)29-8-10-30(11-9-29)23(32)17-4-3-16(24)13-18(17)25/h2-5,12-13H,6-11H2,1H3. The zero-order valence-corrected chi connectivity index (χ0v) is 19.4. The lowest BCUT2D eigenvalue weighted by Gasteiger charge is -2.35. The zero-order chi connectivity index (χ0) is 23.5. The van der Waals surface area contributed by atoms with E-state index in [1.807, 2.05) is 0 Å². The highest BCUT2D eigenvalue weighted by Crippen LogP contribution is 2.23. The van der Waals surface area contributed by atoms with Crippen molar-refractivity contribution in [1.29, 1.82) is 0 Å². The van der Waals surface area contributed by atoms with E-state index in [2.05, 4.69) is 10.1 Å². The molecule has 0 radical (unpaired) electrons. The molecule has 10 heteroatoms. The van der Waals surface area contributed by atoms with Crippen LogP contribution in [0, 0.1) is 12.7 Å². The average molecular weight is 491 g/mol. The molecule has 0 aliphatic carbocycles. The fourth-order valence-corrected chi connectivity index (χ4v) is 4.11. The van der Waals surface area contributed by atoms with E-state index in [9.17, 15) is 14.0 Å². The van der Waals surface area contributed by atoms with E-state index in [0.29, 0.717) is 71.1 Å². The molecule has 1 aromatic heterocycles. The second kappa shape index (κ2) is 9.89. The third-order valence-corrected chi connectivity index (χ3v) is 6.07. The Kier molecular flexibility index (Phi) is 6.95. The number of carbonyl (C=O) groups is 2. The van der Waals surface area contributed by atoms with Gasteiger partial charge in [0.1, 0.15) is 5.82 Å². The van der Waals surface area contributed by atoms with Gasteiger partial charge in [0, 0.05) is 49.6 Å². The molecule has 0 atom stereocenters. The first-order chi connectivity index (χ1) is 15.8. The predicted molar refractivity (Wildman–Crippen MR) is 122 cm³/mol. The van der Waals surface area contributed by atoms with Crippen LogP contribution < -0.4 is 0 Å². The van der Waals surface area contributed by atoms with E-state index in [4.69, 9.17) is 27.7 Å². The third-order valence-electron chi connectivity index (χ3n) is 5.52. The zero-order valence-electron chi connectivity index (χ0n) is 17.9. The number of hydrogen-bond acceptors (Lipinski definition) is 5. The number of aryl methyl sites for hydroxylation is 2. The van der Waals surface area contributed by atoms with Crippen molar-refractivity contribution in [1.82, 2.24) is 19.9 Å². The molecular weight excluding hydrogens is 470 g/mol. The molecule has 2 amide bonds. The van der Waals surface area contributed by atoms with Gasteiger partial charge in [-0.3, -0.25) is 9.59 Å². The second-order valence-corrected chi connectivity index (χ2v) is 8.62. The maximum atomic E-state index is 13.5. The monoisotopic (exact) mass is 490 g/mol. The summed E-state index contributed by atoms with van der Waals surface area (Å²) in [5.74, 6) is 0.161. The van der Waals surface area contributed by atoms with Crippen LogP contribution in [0.5, 0.6) is 0 Å². The van der Waals surface area contributed by atoms with Crippen molar-refractivity contribution in [2.75, 3.05) is 26.2 Å². The number of nitrogens with zero attached hydrogens (tertiary/aromatic N) is 4. The Hall–Kier alpha value is -2.97. The number of halogens is 3. The van der Waals surface area contributed by atoms with Gasteiger partial charge >= 0.3 is 0 Å². The molecule has 0 bridgehead atoms. The van der Waals surface area contributed by atoms with Crippen molar-refractivity contribution in [2.45, 2.75) is 19.8 Å². The Morgan fingerprint density at radius 3 is 2.48 bits per heavy atom. The number of amides is 2. The van der Waals surface area contributed by atoms with E-state index in [-0.39, 0.29) is 24.1 Å². The molecule has 33 heavy (non-hydrogen) atoms. The van der Waals surface area contributed by atoms with Crippen LogP contribution in [0.1, 0.15) is 28.2 Å². The molecule has 172 valence electrons. The summed E-state index contributed by atoms with van der Waals surface area (Å²) >= 11 is 12.0. The Morgan fingerprint density at radius 2 is 1.79 bits per heavy atom. The smallest absolute Gasteiger partial charge is 0.255 e. The first kappa shape index (κ1) is 23.2. The maximum absolute atomic E-state index is 13.5. The van der Waals surface area contributed by atoms with Crippen LogP contribution in [0.4, 0.5) is 4.39 Å². The van der Waals surface area contributed by atoms with Gasteiger partial charge < -0.3 is 14.3 Å². The van der Waals surface area contributed by atoms with Crippen LogP contribution >= 0.6 is 23.2 Å². The Balaban J connectivity index is 1.29. The largest absolute Gasteiger partial charge is 0.339 e. The van der Waals surface area contributed by atoms with Gasteiger partial charge in [-0.1, -0.05) is 28.4 Å². The van der Waals surface area contributed by atoms with Crippen LogP contribution in [0.3, 0.4) is 0 Å². The van der Waals surface area contributed by atoms with Gasteiger partial charge in [0.25, 0.3) is 5.91 Å². The van der Waals surface area contributed by atoms with Crippen molar-refractivity contribution in [2.24, 2.45) is 0 Å². The van der Waals surface area contributed by atoms with Gasteiger partial charge in [-0.05, 0) is 48.9 Å². The molecule has 1 fully saturated rings. The van der Waals surface area contributed by atoms with E-state index < -0.39 is 0 Å². The van der Waals surface area contributed by atoms with Crippen molar-refractivity contribution >= 4 is 35.0 Å². The van der Waals surface area contributed by atoms with Crippen LogP contribution in [0.15, 0.2) is 40.9 Å². The molecule has 2 aromatic carbocycles. The summed E-state index contributed by atoms with van der Waals surface area (Å²) in [6.45, 7) is 3.35. The molecule has 2 heterocycles. The first-order valence-corrected chi connectivity index (χ1v) is 11.2. The summed E-state index contributed by atoms with van der Waals surface area (Å²) < 4.78 is 18.7. The van der Waals surface area contributed by atoms with E-state index in [0.717, 1.165) is 0 Å². The fourth-order valence-electron chi connectivity index (χ4n) is 3.62. The van der Waals surface area contributed by atoms with Crippen molar-refractivity contribution in [3.63, 3.8) is 0 Å². The lowest BCUT2D eigenvalue weighted by molar-refractivity contribution is -0.132. The van der Waals surface area contributed by atoms with E-state index >= 15 is 0 Å². The second-order valence-electron chi connectivity index (χ2n) is 7.77. The van der Waals surface area contributed by atoms with Gasteiger partial charge in [-0.15, -0.1) is 0 Å². The first-order valence-electron chi connectivity index (χ1n) is 10.4. The minimum Gasteiger partial charge on any atom is -0.339 e. The minimum atomic E-state index is -0.300. The number of carbonyl (C=O) groups excluding carboxylic acids is 2. The average Bonchev–Trinajstić information content (AvgIpc) is 3.28. The molecule has 0 saturated carbocycles. The van der Waals surface area contributed by atoms with Crippen LogP contribution in [0.25, 0.3) is 11.4 Å². The van der Waals surface area contributed by atoms with Gasteiger partial charge in [-0.2, -0.15) is 4.98 Å². The van der Waals surface area contributed by atoms with Gasteiger partial charge in [0.05, 0.1) is 10.6 Å². The molecule has 0 N–H and O–H groups in total. The normalized spacial score (nSPS) is 13.9. The van der Waals surface area contributed by atoms with Crippen molar-refractivity contribution in [3.05, 3.63) is 69.3 Å². The molecule has 1 aliphatic heterocycles. The lowest BCUT2D eigenvalue weighted by atomic mass is 10.1. The number of hydrogen-bond donors (Lipinski definition) is 0. The SMILES string of the molecule is Cc1cc(-c2noc(CCC(=O)N3CCN(C(=O)c4ccc(Cl)cc4Cl)CC3)n2)ccc1F. The maximum Gasteiger partial charge on any atom is 0.255 e. The molecule has 1 saturated heterocycles. The number of benzene rings is 2. The van der Waals surface area contributed by atoms with E-state index in [1.165, 1.54) is 12.1 Å². The van der Waals surface area contributed by atoms with Crippen molar-refractivity contribution in [3.8, 4) is 11.4 Å². The summed E-state index contributed by atoms with van der Waals surface area (Å²) in [6, 6.07) is 9.36. The predicted octanol–water partition coefficient (Wildman–Crippen LogP) is 4.41. The van der Waals surface area contributed by atoms with E-state index in [1.54, 1.807) is 41.0 Å². The molecule has 4 rings (SSSR count). The highest BCUT2D eigenvalue weighted by Gasteiger charge is 2.26. The summed E-state index contributed by atoms with van der Waals surface area (Å²) in [5, 5.41) is 4.69. The van der Waals surface area contributed by atoms with Gasteiger partial charge in [0.15, 0.2) is 0 Å². The summed E-state index contributed by atoms with van der Waals surface area (Å²) in [6.07, 6.45) is 0.507. The molecule has 0 spiro atoms. The minimum absolute atomic E-state index is 0.0519. The molecule has 3 aromatic rings.